The first-order chi connectivity index (χ1) is 8.95. The molecule has 0 spiro atoms. The Morgan fingerprint density at radius 1 is 1.58 bits per heavy atom. The molecule has 1 aromatic rings. The van der Waals surface area contributed by atoms with E-state index in [2.05, 4.69) is 5.32 Å². The van der Waals surface area contributed by atoms with E-state index in [0.717, 1.165) is 13.0 Å². The summed E-state index contributed by atoms with van der Waals surface area (Å²) >= 11 is 0. The van der Waals surface area contributed by atoms with Gasteiger partial charge >= 0.3 is 0 Å². The monoisotopic (exact) mass is 269 g/mol. The van der Waals surface area contributed by atoms with Crippen molar-refractivity contribution < 1.29 is 10.0 Å². The molecule has 0 saturated carbocycles. The number of aryl methyl sites for hydroxylation is 1. The van der Waals surface area contributed by atoms with Crippen LogP contribution in [0, 0.1) is 17.0 Å². The molecular weight excluding hydrogens is 250 g/mol. The quantitative estimate of drug-likeness (QED) is 0.425. The second kappa shape index (κ2) is 7.01. The Labute approximate surface area is 111 Å². The second-order valence-corrected chi connectivity index (χ2v) is 4.45. The van der Waals surface area contributed by atoms with Gasteiger partial charge in [0, 0.05) is 18.2 Å². The number of nitrogens with zero attached hydrogens (tertiary/aromatic N) is 2. The van der Waals surface area contributed by atoms with Crippen molar-refractivity contribution in [2.24, 2.45) is 0 Å². The summed E-state index contributed by atoms with van der Waals surface area (Å²) in [5.41, 5.74) is -0.143. The van der Waals surface area contributed by atoms with Crippen LogP contribution in [0.5, 0.6) is 0 Å². The smallest absolute Gasteiger partial charge is 0.288 e. The maximum atomic E-state index is 11.7. The van der Waals surface area contributed by atoms with E-state index < -0.39 is 11.0 Å². The Morgan fingerprint density at radius 3 is 2.84 bits per heavy atom. The van der Waals surface area contributed by atoms with Gasteiger partial charge in [0.05, 0.1) is 23.8 Å². The Hall–Kier alpha value is -1.73. The summed E-state index contributed by atoms with van der Waals surface area (Å²) in [6.07, 6.45) is 1.37. The van der Waals surface area contributed by atoms with Crippen molar-refractivity contribution in [3.05, 3.63) is 38.3 Å². The molecule has 1 heterocycles. The molecule has 1 atom stereocenters. The Balaban J connectivity index is 2.80. The minimum atomic E-state index is -0.758. The summed E-state index contributed by atoms with van der Waals surface area (Å²) in [6.45, 7) is 4.69. The van der Waals surface area contributed by atoms with E-state index in [1.54, 1.807) is 0 Å². The fourth-order valence-corrected chi connectivity index (χ4v) is 1.73. The largest absolute Gasteiger partial charge is 0.390 e. The van der Waals surface area contributed by atoms with E-state index >= 15 is 0 Å². The van der Waals surface area contributed by atoms with Crippen molar-refractivity contribution in [1.29, 1.82) is 0 Å². The van der Waals surface area contributed by atoms with Crippen molar-refractivity contribution in [1.82, 2.24) is 9.88 Å². The predicted octanol–water partition coefficient (Wildman–Crippen LogP) is 0.425. The summed E-state index contributed by atoms with van der Waals surface area (Å²) < 4.78 is 1.17. The SMILES string of the molecule is CCCNCC(O)Cn1cc([N+](=O)[O-])c(C)cc1=O. The zero-order chi connectivity index (χ0) is 14.4. The van der Waals surface area contributed by atoms with Crippen molar-refractivity contribution in [2.75, 3.05) is 13.1 Å². The molecule has 0 aromatic carbocycles. The lowest BCUT2D eigenvalue weighted by Gasteiger charge is -2.13. The second-order valence-electron chi connectivity index (χ2n) is 4.45. The van der Waals surface area contributed by atoms with Gasteiger partial charge in [-0.05, 0) is 19.9 Å². The molecule has 7 nitrogen and oxygen atoms in total. The number of aromatic nitrogens is 1. The molecule has 1 aromatic heterocycles. The van der Waals surface area contributed by atoms with Gasteiger partial charge in [-0.25, -0.2) is 0 Å². The molecule has 0 radical (unpaired) electrons. The third kappa shape index (κ3) is 4.46. The van der Waals surface area contributed by atoms with Gasteiger partial charge in [0.1, 0.15) is 0 Å². The van der Waals surface area contributed by atoms with Gasteiger partial charge in [-0.2, -0.15) is 0 Å². The van der Waals surface area contributed by atoms with E-state index in [4.69, 9.17) is 0 Å². The van der Waals surface area contributed by atoms with Gasteiger partial charge in [0.25, 0.3) is 11.2 Å². The fraction of sp³-hybridized carbons (Fsp3) is 0.583. The van der Waals surface area contributed by atoms with Crippen LogP contribution in [-0.2, 0) is 6.54 Å². The maximum absolute atomic E-state index is 11.7. The number of nitrogens with one attached hydrogen (secondary N) is 1. The van der Waals surface area contributed by atoms with Gasteiger partial charge < -0.3 is 15.0 Å². The molecule has 0 aliphatic heterocycles. The van der Waals surface area contributed by atoms with Crippen LogP contribution < -0.4 is 10.9 Å². The Morgan fingerprint density at radius 2 is 2.26 bits per heavy atom. The van der Waals surface area contributed by atoms with Crippen LogP contribution in [0.4, 0.5) is 5.69 Å². The lowest BCUT2D eigenvalue weighted by Crippen LogP contribution is -2.34. The molecule has 0 aliphatic carbocycles. The first-order valence-corrected chi connectivity index (χ1v) is 6.20. The molecule has 1 unspecified atom stereocenters. The molecule has 0 amide bonds. The normalized spacial score (nSPS) is 12.4. The summed E-state index contributed by atoms with van der Waals surface area (Å²) in [4.78, 5) is 22.0. The highest BCUT2D eigenvalue weighted by Crippen LogP contribution is 2.14. The van der Waals surface area contributed by atoms with Gasteiger partial charge in [-0.3, -0.25) is 14.9 Å². The average molecular weight is 269 g/mol. The van der Waals surface area contributed by atoms with Crippen molar-refractivity contribution in [3.63, 3.8) is 0 Å². The molecule has 2 N–H and O–H groups in total. The maximum Gasteiger partial charge on any atom is 0.288 e. The van der Waals surface area contributed by atoms with Crippen LogP contribution in [-0.4, -0.2) is 33.8 Å². The number of aliphatic hydroxyl groups is 1. The Bertz CT molecular complexity index is 498. The van der Waals surface area contributed by atoms with Crippen LogP contribution in [0.1, 0.15) is 18.9 Å². The number of pyridine rings is 1. The zero-order valence-corrected chi connectivity index (χ0v) is 11.1. The van der Waals surface area contributed by atoms with E-state index in [1.165, 1.54) is 23.8 Å². The molecule has 0 fully saturated rings. The topological polar surface area (TPSA) is 97.4 Å². The van der Waals surface area contributed by atoms with E-state index in [9.17, 15) is 20.0 Å². The standard InChI is InChI=1S/C12H19N3O4/c1-3-4-13-6-10(16)7-14-8-11(15(18)19)9(2)5-12(14)17/h5,8,10,13,16H,3-4,6-7H2,1-2H3. The van der Waals surface area contributed by atoms with Crippen molar-refractivity contribution in [3.8, 4) is 0 Å². The molecule has 7 heteroatoms. The minimum absolute atomic E-state index is 0.0384. The summed E-state index contributed by atoms with van der Waals surface area (Å²) in [5, 5.41) is 23.6. The highest BCUT2D eigenvalue weighted by Gasteiger charge is 2.14. The number of nitro groups is 1. The summed E-state index contributed by atoms with van der Waals surface area (Å²) in [5.74, 6) is 0. The van der Waals surface area contributed by atoms with E-state index in [-0.39, 0.29) is 17.8 Å². The molecule has 0 bridgehead atoms. The lowest BCUT2D eigenvalue weighted by atomic mass is 10.2. The number of hydrogen-bond donors (Lipinski definition) is 2. The zero-order valence-electron chi connectivity index (χ0n) is 11.1. The first kappa shape index (κ1) is 15.3. The van der Waals surface area contributed by atoms with Crippen LogP contribution in [0.2, 0.25) is 0 Å². The third-order valence-electron chi connectivity index (χ3n) is 2.72. The number of rotatable bonds is 7. The molecule has 106 valence electrons. The average Bonchev–Trinajstić information content (AvgIpc) is 2.32. The lowest BCUT2D eigenvalue weighted by molar-refractivity contribution is -0.386. The fourth-order valence-electron chi connectivity index (χ4n) is 1.73. The third-order valence-corrected chi connectivity index (χ3v) is 2.72. The molecule has 0 aliphatic rings. The molecule has 0 saturated heterocycles. The highest BCUT2D eigenvalue weighted by molar-refractivity contribution is 5.35. The van der Waals surface area contributed by atoms with Crippen LogP contribution >= 0.6 is 0 Å². The van der Waals surface area contributed by atoms with E-state index in [0.29, 0.717) is 12.1 Å². The molecule has 19 heavy (non-hydrogen) atoms. The highest BCUT2D eigenvalue weighted by atomic mass is 16.6. The van der Waals surface area contributed by atoms with Gasteiger partial charge in [-0.1, -0.05) is 6.92 Å². The summed E-state index contributed by atoms with van der Waals surface area (Å²) in [6, 6.07) is 1.21. The molecular formula is C12H19N3O4. The summed E-state index contributed by atoms with van der Waals surface area (Å²) in [7, 11) is 0. The minimum Gasteiger partial charge on any atom is -0.390 e. The molecule has 1 rings (SSSR count). The van der Waals surface area contributed by atoms with Crippen LogP contribution in [0.25, 0.3) is 0 Å². The van der Waals surface area contributed by atoms with Crippen LogP contribution in [0.3, 0.4) is 0 Å². The van der Waals surface area contributed by atoms with E-state index in [1.807, 2.05) is 6.92 Å². The van der Waals surface area contributed by atoms with Crippen molar-refractivity contribution >= 4 is 5.69 Å². The number of aliphatic hydroxyl groups excluding tert-OH is 1. The predicted molar refractivity (Wildman–Crippen MR) is 71.3 cm³/mol. The number of hydrogen-bond acceptors (Lipinski definition) is 5. The van der Waals surface area contributed by atoms with Gasteiger partial charge in [-0.15, -0.1) is 0 Å². The Kier molecular flexibility index (Phi) is 5.65. The van der Waals surface area contributed by atoms with Crippen LogP contribution in [0.15, 0.2) is 17.1 Å². The van der Waals surface area contributed by atoms with Gasteiger partial charge in [0.15, 0.2) is 0 Å². The van der Waals surface area contributed by atoms with Crippen molar-refractivity contribution in [2.45, 2.75) is 32.9 Å². The first-order valence-electron chi connectivity index (χ1n) is 6.20. The van der Waals surface area contributed by atoms with Gasteiger partial charge in [0.2, 0.25) is 0 Å².